The van der Waals surface area contributed by atoms with Crippen LogP contribution < -0.4 is 0 Å². The predicted molar refractivity (Wildman–Crippen MR) is 270 cm³/mol. The van der Waals surface area contributed by atoms with Gasteiger partial charge in [0, 0.05) is 33.4 Å². The lowest BCUT2D eigenvalue weighted by atomic mass is 10.00. The van der Waals surface area contributed by atoms with Crippen LogP contribution >= 0.6 is 0 Å². The molecule has 0 aliphatic rings. The summed E-state index contributed by atoms with van der Waals surface area (Å²) in [5.74, 6) is 0. The molecule has 0 saturated heterocycles. The minimum absolute atomic E-state index is 0.579. The summed E-state index contributed by atoms with van der Waals surface area (Å²) in [5.41, 5.74) is 18.4. The molecule has 4 heteroatoms. The van der Waals surface area contributed by atoms with Gasteiger partial charge in [0.25, 0.3) is 0 Å². The van der Waals surface area contributed by atoms with Crippen molar-refractivity contribution in [2.45, 2.75) is 6.92 Å². The van der Waals surface area contributed by atoms with Crippen molar-refractivity contribution >= 4 is 43.6 Å². The molecule has 12 aromatic rings. The van der Waals surface area contributed by atoms with E-state index >= 15 is 0 Å². The normalized spacial score (nSPS) is 11.4. The fourth-order valence-corrected chi connectivity index (χ4v) is 9.78. The maximum Gasteiger partial charge on any atom is 0.104 e. The summed E-state index contributed by atoms with van der Waals surface area (Å²) < 4.78 is 4.62. The summed E-state index contributed by atoms with van der Waals surface area (Å²) >= 11 is 0. The Morgan fingerprint density at radius 1 is 0.338 bits per heavy atom. The van der Waals surface area contributed by atoms with Gasteiger partial charge >= 0.3 is 0 Å². The summed E-state index contributed by atoms with van der Waals surface area (Å²) in [6, 6.07) is 80.5. The van der Waals surface area contributed by atoms with Gasteiger partial charge in [0.2, 0.25) is 0 Å². The number of benzene rings is 9. The molecule has 0 bridgehead atoms. The Morgan fingerprint density at radius 2 is 0.662 bits per heavy atom. The molecule has 3 heterocycles. The first-order valence-electron chi connectivity index (χ1n) is 22.0. The minimum Gasteiger partial charge on any atom is -0.308 e. The Balaban J connectivity index is 1.18. The number of nitriles is 1. The maximum absolute atomic E-state index is 11.7. The van der Waals surface area contributed by atoms with E-state index < -0.39 is 0 Å². The highest BCUT2D eigenvalue weighted by molar-refractivity contribution is 6.14. The predicted octanol–water partition coefficient (Wildman–Crippen LogP) is 15.8. The Labute approximate surface area is 377 Å². The molecule has 4 nitrogen and oxygen atoms in total. The smallest absolute Gasteiger partial charge is 0.104 e. The SMILES string of the molecule is Cc1cc(-c2cc(-n3c4ccc(-c5ccccc5)cc4c4cc(-c5ccccc5)ccc43)c(C#N)c(-n3c4ccc(-c5ccccc5)cc4c4cc(-c5ccccc5)ccc43)c2)ccn1. The summed E-state index contributed by atoms with van der Waals surface area (Å²) in [6.07, 6.45) is 1.87. The van der Waals surface area contributed by atoms with Crippen LogP contribution in [0.4, 0.5) is 0 Å². The monoisotopic (exact) mass is 828 g/mol. The highest BCUT2D eigenvalue weighted by Gasteiger charge is 2.24. The molecule has 0 amide bonds. The summed E-state index contributed by atoms with van der Waals surface area (Å²) in [7, 11) is 0. The number of aryl methyl sites for hydroxylation is 1. The first-order valence-corrected chi connectivity index (χ1v) is 22.0. The molecule has 3 aromatic heterocycles. The van der Waals surface area contributed by atoms with Crippen molar-refractivity contribution in [2.75, 3.05) is 0 Å². The Bertz CT molecular complexity index is 3400. The Kier molecular flexibility index (Phi) is 9.07. The molecule has 0 N–H and O–H groups in total. The van der Waals surface area contributed by atoms with Crippen LogP contribution in [0.3, 0.4) is 0 Å². The van der Waals surface area contributed by atoms with E-state index in [2.05, 4.69) is 239 Å². The third-order valence-electron chi connectivity index (χ3n) is 12.9. The van der Waals surface area contributed by atoms with Gasteiger partial charge in [-0.05, 0) is 135 Å². The molecule has 0 aliphatic heterocycles. The van der Waals surface area contributed by atoms with Crippen LogP contribution in [0, 0.1) is 18.3 Å². The molecule has 0 spiro atoms. The van der Waals surface area contributed by atoms with Gasteiger partial charge in [0.05, 0.1) is 33.4 Å². The average Bonchev–Trinajstić information content (AvgIpc) is 3.88. The second-order valence-electron chi connectivity index (χ2n) is 16.7. The lowest BCUT2D eigenvalue weighted by Crippen LogP contribution is -2.05. The van der Waals surface area contributed by atoms with Crippen LogP contribution in [0.5, 0.6) is 0 Å². The number of pyridine rings is 1. The fourth-order valence-electron chi connectivity index (χ4n) is 9.78. The first-order chi connectivity index (χ1) is 32.1. The van der Waals surface area contributed by atoms with Crippen LogP contribution in [-0.2, 0) is 0 Å². The van der Waals surface area contributed by atoms with Crippen LogP contribution in [-0.4, -0.2) is 14.1 Å². The fraction of sp³-hybridized carbons (Fsp3) is 0.0164. The van der Waals surface area contributed by atoms with Crippen molar-refractivity contribution in [1.29, 1.82) is 5.26 Å². The molecule has 304 valence electrons. The molecule has 0 atom stereocenters. The highest BCUT2D eigenvalue weighted by Crippen LogP contribution is 2.43. The van der Waals surface area contributed by atoms with E-state index in [9.17, 15) is 5.26 Å². The number of hydrogen-bond donors (Lipinski definition) is 0. The Hall–Kier alpha value is -8.78. The molecule has 0 aliphatic carbocycles. The van der Waals surface area contributed by atoms with E-state index in [1.54, 1.807) is 0 Å². The molecule has 0 fully saturated rings. The molecule has 0 saturated carbocycles. The van der Waals surface area contributed by atoms with Gasteiger partial charge in [-0.1, -0.05) is 146 Å². The zero-order chi connectivity index (χ0) is 43.4. The lowest BCUT2D eigenvalue weighted by molar-refractivity contribution is 1.12. The molecule has 0 unspecified atom stereocenters. The standard InChI is InChI=1S/C61H40N4/c1-40-32-49(30-31-63-40)50-37-60(64-56-26-22-45(41-14-6-2-7-15-41)33-51(56)52-34-46(23-27-57(52)64)42-16-8-3-9-17-42)55(39-62)61(38-50)65-58-28-24-47(43-18-10-4-11-19-43)35-53(58)54-36-48(25-29-59(54)65)44-20-12-5-13-21-44/h2-38H,1H3. The number of hydrogen-bond acceptors (Lipinski definition) is 2. The van der Waals surface area contributed by atoms with Gasteiger partial charge in [-0.3, -0.25) is 4.98 Å². The van der Waals surface area contributed by atoms with E-state index in [-0.39, 0.29) is 0 Å². The molecule has 65 heavy (non-hydrogen) atoms. The van der Waals surface area contributed by atoms with Crippen molar-refractivity contribution in [3.05, 3.63) is 236 Å². The van der Waals surface area contributed by atoms with Gasteiger partial charge in [-0.15, -0.1) is 0 Å². The highest BCUT2D eigenvalue weighted by atomic mass is 15.0. The van der Waals surface area contributed by atoms with Crippen LogP contribution in [0.1, 0.15) is 11.3 Å². The summed E-state index contributed by atoms with van der Waals surface area (Å²) in [5, 5.41) is 16.2. The Morgan fingerprint density at radius 3 is 0.969 bits per heavy atom. The van der Waals surface area contributed by atoms with Gasteiger partial charge < -0.3 is 9.13 Å². The molecular weight excluding hydrogens is 789 g/mol. The lowest BCUT2D eigenvalue weighted by Gasteiger charge is -2.19. The number of fused-ring (bicyclic) bond motifs is 6. The molecule has 12 rings (SSSR count). The maximum atomic E-state index is 11.7. The molecule has 9 aromatic carbocycles. The first kappa shape index (κ1) is 37.9. The van der Waals surface area contributed by atoms with Gasteiger partial charge in [0.15, 0.2) is 0 Å². The van der Waals surface area contributed by atoms with Crippen molar-refractivity contribution < 1.29 is 0 Å². The number of nitrogens with zero attached hydrogens (tertiary/aromatic N) is 4. The van der Waals surface area contributed by atoms with E-state index in [1.807, 2.05) is 13.1 Å². The third-order valence-corrected chi connectivity index (χ3v) is 12.9. The van der Waals surface area contributed by atoms with Crippen molar-refractivity contribution in [3.8, 4) is 73.1 Å². The van der Waals surface area contributed by atoms with Crippen LogP contribution in [0.25, 0.3) is 111 Å². The second kappa shape index (κ2) is 15.5. The largest absolute Gasteiger partial charge is 0.308 e. The van der Waals surface area contributed by atoms with E-state index in [0.717, 1.165) is 116 Å². The summed E-state index contributed by atoms with van der Waals surface area (Å²) in [4.78, 5) is 4.58. The van der Waals surface area contributed by atoms with Crippen molar-refractivity contribution in [2.24, 2.45) is 0 Å². The van der Waals surface area contributed by atoms with Gasteiger partial charge in [-0.2, -0.15) is 5.26 Å². The van der Waals surface area contributed by atoms with Crippen molar-refractivity contribution in [3.63, 3.8) is 0 Å². The van der Waals surface area contributed by atoms with Crippen molar-refractivity contribution in [1.82, 2.24) is 14.1 Å². The van der Waals surface area contributed by atoms with Crippen LogP contribution in [0.15, 0.2) is 225 Å². The molecule has 0 radical (unpaired) electrons. The van der Waals surface area contributed by atoms with Gasteiger partial charge in [0.1, 0.15) is 11.6 Å². The zero-order valence-corrected chi connectivity index (χ0v) is 35.7. The van der Waals surface area contributed by atoms with Gasteiger partial charge in [-0.25, -0.2) is 0 Å². The van der Waals surface area contributed by atoms with E-state index in [0.29, 0.717) is 5.56 Å². The number of rotatable bonds is 7. The topological polar surface area (TPSA) is 46.5 Å². The van der Waals surface area contributed by atoms with Crippen LogP contribution in [0.2, 0.25) is 0 Å². The minimum atomic E-state index is 0.579. The zero-order valence-electron chi connectivity index (χ0n) is 35.7. The van der Waals surface area contributed by atoms with E-state index in [4.69, 9.17) is 0 Å². The number of aromatic nitrogens is 3. The third kappa shape index (κ3) is 6.49. The average molecular weight is 829 g/mol. The quantitative estimate of drug-likeness (QED) is 0.161. The second-order valence-corrected chi connectivity index (χ2v) is 16.7. The van der Waals surface area contributed by atoms with E-state index in [1.165, 1.54) is 0 Å². The molecular formula is C61H40N4. The summed E-state index contributed by atoms with van der Waals surface area (Å²) in [6.45, 7) is 2.03.